The van der Waals surface area contributed by atoms with E-state index in [1.165, 1.54) is 0 Å². The number of nitrogens with one attached hydrogen (secondary N) is 1. The summed E-state index contributed by atoms with van der Waals surface area (Å²) in [4.78, 5) is 12.0. The lowest BCUT2D eigenvalue weighted by Gasteiger charge is -2.10. The van der Waals surface area contributed by atoms with Gasteiger partial charge in [0.15, 0.2) is 5.78 Å². The van der Waals surface area contributed by atoms with Crippen LogP contribution in [0.15, 0.2) is 12.1 Å². The number of aryl methyl sites for hydroxylation is 2. The number of methoxy groups -OCH3 is 1. The highest BCUT2D eigenvalue weighted by atomic mass is 16.5. The highest BCUT2D eigenvalue weighted by Gasteiger charge is 2.11. The number of carbonyl (C=O) groups excluding carboxylic acids is 1. The van der Waals surface area contributed by atoms with E-state index in [2.05, 4.69) is 5.32 Å². The van der Waals surface area contributed by atoms with Crippen LogP contribution in [0.4, 0.5) is 0 Å². The van der Waals surface area contributed by atoms with Crippen molar-refractivity contribution in [2.45, 2.75) is 27.2 Å². The molecule has 1 aromatic carbocycles. The summed E-state index contributed by atoms with van der Waals surface area (Å²) in [5, 5.41) is 3.16. The Balaban J connectivity index is 2.83. The average molecular weight is 235 g/mol. The molecule has 0 bridgehead atoms. The Bertz CT molecular complexity index is 399. The van der Waals surface area contributed by atoms with Crippen molar-refractivity contribution in [3.63, 3.8) is 0 Å². The molecule has 0 saturated heterocycles. The Morgan fingerprint density at radius 1 is 1.29 bits per heavy atom. The number of benzene rings is 1. The van der Waals surface area contributed by atoms with Crippen LogP contribution < -0.4 is 10.1 Å². The molecule has 0 atom stereocenters. The molecule has 0 aromatic heterocycles. The molecule has 0 radical (unpaired) electrons. The molecule has 0 aliphatic heterocycles. The first-order valence-electron chi connectivity index (χ1n) is 5.99. The molecule has 3 nitrogen and oxygen atoms in total. The third kappa shape index (κ3) is 3.56. The summed E-state index contributed by atoms with van der Waals surface area (Å²) in [6, 6.07) is 3.85. The first-order valence-corrected chi connectivity index (χ1v) is 5.99. The van der Waals surface area contributed by atoms with Gasteiger partial charge in [0.25, 0.3) is 0 Å². The molecule has 0 heterocycles. The van der Waals surface area contributed by atoms with E-state index in [0.29, 0.717) is 6.42 Å². The van der Waals surface area contributed by atoms with Gasteiger partial charge in [-0.05, 0) is 43.7 Å². The first kappa shape index (κ1) is 13.7. The zero-order valence-corrected chi connectivity index (χ0v) is 11.1. The molecule has 1 aromatic rings. The smallest absolute Gasteiger partial charge is 0.164 e. The average Bonchev–Trinajstić information content (AvgIpc) is 2.31. The maximum absolute atomic E-state index is 12.0. The molecule has 0 spiro atoms. The molecule has 0 saturated carbocycles. The summed E-state index contributed by atoms with van der Waals surface area (Å²) >= 11 is 0. The monoisotopic (exact) mass is 235 g/mol. The summed E-state index contributed by atoms with van der Waals surface area (Å²) in [5.74, 6) is 1.03. The fraction of sp³-hybridized carbons (Fsp3) is 0.500. The number of Topliss-reactive ketones (excluding diaryl/α,β-unsaturated/α-hetero) is 1. The van der Waals surface area contributed by atoms with Crippen LogP contribution in [0.5, 0.6) is 5.75 Å². The lowest BCUT2D eigenvalue weighted by atomic mass is 9.99. The van der Waals surface area contributed by atoms with Gasteiger partial charge in [0.1, 0.15) is 5.75 Å². The number of carbonyl (C=O) groups is 1. The third-order valence-corrected chi connectivity index (χ3v) is 2.82. The standard InChI is InChI=1S/C14H21NO2/c1-5-15-7-6-13(16)12-8-11(3)14(17-4)9-10(12)2/h8-9,15H,5-7H2,1-4H3. The van der Waals surface area contributed by atoms with Crippen molar-refractivity contribution in [3.05, 3.63) is 28.8 Å². The van der Waals surface area contributed by atoms with Crippen LogP contribution in [0.25, 0.3) is 0 Å². The van der Waals surface area contributed by atoms with E-state index in [4.69, 9.17) is 4.74 Å². The van der Waals surface area contributed by atoms with Crippen molar-refractivity contribution in [2.24, 2.45) is 0 Å². The molecule has 17 heavy (non-hydrogen) atoms. The van der Waals surface area contributed by atoms with Gasteiger partial charge < -0.3 is 10.1 Å². The fourth-order valence-corrected chi connectivity index (χ4v) is 1.82. The first-order chi connectivity index (χ1) is 8.10. The predicted molar refractivity (Wildman–Crippen MR) is 70.0 cm³/mol. The molecular weight excluding hydrogens is 214 g/mol. The zero-order valence-electron chi connectivity index (χ0n) is 11.1. The molecule has 0 fully saturated rings. The number of ether oxygens (including phenoxy) is 1. The van der Waals surface area contributed by atoms with Crippen molar-refractivity contribution >= 4 is 5.78 Å². The van der Waals surface area contributed by atoms with Gasteiger partial charge in [0, 0.05) is 18.5 Å². The second-order valence-electron chi connectivity index (χ2n) is 4.16. The van der Waals surface area contributed by atoms with E-state index in [0.717, 1.165) is 35.5 Å². The van der Waals surface area contributed by atoms with Gasteiger partial charge in [-0.25, -0.2) is 0 Å². The quantitative estimate of drug-likeness (QED) is 0.608. The van der Waals surface area contributed by atoms with Crippen LogP contribution in [0, 0.1) is 13.8 Å². The maximum atomic E-state index is 12.0. The lowest BCUT2D eigenvalue weighted by molar-refractivity contribution is 0.0982. The molecule has 1 N–H and O–H groups in total. The van der Waals surface area contributed by atoms with Crippen LogP contribution in [0.2, 0.25) is 0 Å². The second kappa shape index (κ2) is 6.40. The Morgan fingerprint density at radius 2 is 2.00 bits per heavy atom. The minimum absolute atomic E-state index is 0.189. The highest BCUT2D eigenvalue weighted by molar-refractivity contribution is 5.98. The van der Waals surface area contributed by atoms with E-state index in [-0.39, 0.29) is 5.78 Å². The van der Waals surface area contributed by atoms with Crippen LogP contribution >= 0.6 is 0 Å². The van der Waals surface area contributed by atoms with Crippen molar-refractivity contribution in [3.8, 4) is 5.75 Å². The van der Waals surface area contributed by atoms with Gasteiger partial charge in [-0.15, -0.1) is 0 Å². The van der Waals surface area contributed by atoms with Gasteiger partial charge in [0.05, 0.1) is 7.11 Å². The molecule has 0 amide bonds. The fourth-order valence-electron chi connectivity index (χ4n) is 1.82. The van der Waals surface area contributed by atoms with Gasteiger partial charge in [0.2, 0.25) is 0 Å². The predicted octanol–water partition coefficient (Wildman–Crippen LogP) is 2.49. The number of hydrogen-bond donors (Lipinski definition) is 1. The van der Waals surface area contributed by atoms with Gasteiger partial charge >= 0.3 is 0 Å². The van der Waals surface area contributed by atoms with E-state index in [1.54, 1.807) is 7.11 Å². The van der Waals surface area contributed by atoms with Crippen LogP contribution in [-0.4, -0.2) is 26.0 Å². The number of hydrogen-bond acceptors (Lipinski definition) is 3. The zero-order chi connectivity index (χ0) is 12.8. The Hall–Kier alpha value is -1.35. The minimum atomic E-state index is 0.189. The summed E-state index contributed by atoms with van der Waals surface area (Å²) in [7, 11) is 1.65. The van der Waals surface area contributed by atoms with E-state index in [1.807, 2.05) is 32.9 Å². The summed E-state index contributed by atoms with van der Waals surface area (Å²) in [6.07, 6.45) is 0.542. The van der Waals surface area contributed by atoms with Gasteiger partial charge in [-0.2, -0.15) is 0 Å². The van der Waals surface area contributed by atoms with E-state index in [9.17, 15) is 4.79 Å². The molecule has 0 aliphatic rings. The van der Waals surface area contributed by atoms with Crippen molar-refractivity contribution in [1.82, 2.24) is 5.32 Å². The lowest BCUT2D eigenvalue weighted by Crippen LogP contribution is -2.18. The summed E-state index contributed by atoms with van der Waals surface area (Å²) < 4.78 is 5.24. The molecule has 1 rings (SSSR count). The van der Waals surface area contributed by atoms with Crippen LogP contribution in [0.3, 0.4) is 0 Å². The van der Waals surface area contributed by atoms with Crippen LogP contribution in [-0.2, 0) is 0 Å². The molecule has 94 valence electrons. The Labute approximate surface area is 103 Å². The summed E-state index contributed by atoms with van der Waals surface area (Å²) in [5.41, 5.74) is 2.79. The Morgan fingerprint density at radius 3 is 2.59 bits per heavy atom. The molecule has 3 heteroatoms. The maximum Gasteiger partial charge on any atom is 0.164 e. The second-order valence-corrected chi connectivity index (χ2v) is 4.16. The van der Waals surface area contributed by atoms with Crippen molar-refractivity contribution < 1.29 is 9.53 Å². The topological polar surface area (TPSA) is 38.3 Å². The minimum Gasteiger partial charge on any atom is -0.496 e. The normalized spacial score (nSPS) is 10.4. The van der Waals surface area contributed by atoms with Crippen molar-refractivity contribution in [2.75, 3.05) is 20.2 Å². The highest BCUT2D eigenvalue weighted by Crippen LogP contribution is 2.23. The van der Waals surface area contributed by atoms with Gasteiger partial charge in [-0.3, -0.25) is 4.79 Å². The number of rotatable bonds is 6. The largest absolute Gasteiger partial charge is 0.496 e. The number of ketones is 1. The third-order valence-electron chi connectivity index (χ3n) is 2.82. The van der Waals surface area contributed by atoms with Crippen LogP contribution in [0.1, 0.15) is 34.8 Å². The molecular formula is C14H21NO2. The van der Waals surface area contributed by atoms with Gasteiger partial charge in [-0.1, -0.05) is 6.92 Å². The molecule has 0 aliphatic carbocycles. The van der Waals surface area contributed by atoms with E-state index < -0.39 is 0 Å². The SMILES string of the molecule is CCNCCC(=O)c1cc(C)c(OC)cc1C. The van der Waals surface area contributed by atoms with E-state index >= 15 is 0 Å². The Kier molecular flexibility index (Phi) is 5.16. The summed E-state index contributed by atoms with van der Waals surface area (Å²) in [6.45, 7) is 7.57. The molecule has 0 unspecified atom stereocenters. The van der Waals surface area contributed by atoms with Crippen molar-refractivity contribution in [1.29, 1.82) is 0 Å².